The maximum atomic E-state index is 13.1. The SMILES string of the molecule is CCS(=O)(=O)c1ccc(O)c(NC(=O)c2ccc(F)c(F)c2)c1. The predicted octanol–water partition coefficient (Wildman–Crippen LogP) is 2.72. The van der Waals surface area contributed by atoms with E-state index in [1.165, 1.54) is 13.0 Å². The summed E-state index contributed by atoms with van der Waals surface area (Å²) in [5, 5.41) is 12.0. The van der Waals surface area contributed by atoms with E-state index in [0.717, 1.165) is 24.3 Å². The fourth-order valence-electron chi connectivity index (χ4n) is 1.81. The lowest BCUT2D eigenvalue weighted by Crippen LogP contribution is -2.13. The molecule has 0 unspecified atom stereocenters. The zero-order valence-electron chi connectivity index (χ0n) is 12.0. The minimum absolute atomic E-state index is 0.0709. The topological polar surface area (TPSA) is 83.5 Å². The number of nitrogens with one attached hydrogen (secondary N) is 1. The summed E-state index contributed by atoms with van der Waals surface area (Å²) in [4.78, 5) is 11.9. The van der Waals surface area contributed by atoms with Gasteiger partial charge in [-0.25, -0.2) is 17.2 Å². The van der Waals surface area contributed by atoms with Crippen molar-refractivity contribution < 1.29 is 27.1 Å². The molecule has 0 saturated heterocycles. The van der Waals surface area contributed by atoms with Crippen LogP contribution in [0, 0.1) is 11.6 Å². The van der Waals surface area contributed by atoms with Crippen LogP contribution in [0.4, 0.5) is 14.5 Å². The Balaban J connectivity index is 2.34. The molecular weight excluding hydrogens is 328 g/mol. The number of sulfone groups is 1. The minimum Gasteiger partial charge on any atom is -0.506 e. The molecule has 0 atom stereocenters. The summed E-state index contributed by atoms with van der Waals surface area (Å²) in [7, 11) is -3.52. The normalized spacial score (nSPS) is 11.3. The molecule has 122 valence electrons. The number of phenolic OH excluding ortho intramolecular Hbond substituents is 1. The Labute approximate surface area is 131 Å². The molecular formula is C15H13F2NO4S. The van der Waals surface area contributed by atoms with Gasteiger partial charge in [-0.2, -0.15) is 0 Å². The summed E-state index contributed by atoms with van der Waals surface area (Å²) >= 11 is 0. The van der Waals surface area contributed by atoms with Crippen molar-refractivity contribution in [3.8, 4) is 5.75 Å². The molecule has 0 aliphatic heterocycles. The zero-order valence-corrected chi connectivity index (χ0v) is 12.8. The molecule has 5 nitrogen and oxygen atoms in total. The zero-order chi connectivity index (χ0) is 17.2. The molecule has 0 saturated carbocycles. The molecule has 0 fully saturated rings. The van der Waals surface area contributed by atoms with Gasteiger partial charge in [-0.05, 0) is 36.4 Å². The smallest absolute Gasteiger partial charge is 0.255 e. The summed E-state index contributed by atoms with van der Waals surface area (Å²) in [6.45, 7) is 1.46. The predicted molar refractivity (Wildman–Crippen MR) is 80.1 cm³/mol. The van der Waals surface area contributed by atoms with Gasteiger partial charge >= 0.3 is 0 Å². The minimum atomic E-state index is -3.52. The van der Waals surface area contributed by atoms with Crippen LogP contribution in [0.5, 0.6) is 5.75 Å². The van der Waals surface area contributed by atoms with Crippen LogP contribution in [0.3, 0.4) is 0 Å². The Bertz CT molecular complexity index is 866. The molecule has 0 bridgehead atoms. The molecule has 0 radical (unpaired) electrons. The van der Waals surface area contributed by atoms with Crippen molar-refractivity contribution in [3.63, 3.8) is 0 Å². The highest BCUT2D eigenvalue weighted by atomic mass is 32.2. The van der Waals surface area contributed by atoms with Gasteiger partial charge in [0.2, 0.25) is 0 Å². The number of benzene rings is 2. The Morgan fingerprint density at radius 3 is 2.43 bits per heavy atom. The molecule has 0 aliphatic rings. The second-order valence-electron chi connectivity index (χ2n) is 4.67. The highest BCUT2D eigenvalue weighted by molar-refractivity contribution is 7.91. The average molecular weight is 341 g/mol. The van der Waals surface area contributed by atoms with Gasteiger partial charge in [-0.1, -0.05) is 6.92 Å². The third-order valence-corrected chi connectivity index (χ3v) is 4.87. The van der Waals surface area contributed by atoms with Gasteiger partial charge in [0.15, 0.2) is 21.5 Å². The van der Waals surface area contributed by atoms with Crippen LogP contribution in [-0.2, 0) is 9.84 Å². The van der Waals surface area contributed by atoms with Crippen LogP contribution < -0.4 is 5.32 Å². The van der Waals surface area contributed by atoms with Crippen molar-refractivity contribution in [1.82, 2.24) is 0 Å². The van der Waals surface area contributed by atoms with Gasteiger partial charge in [0.1, 0.15) is 5.75 Å². The summed E-state index contributed by atoms with van der Waals surface area (Å²) in [6, 6.07) is 6.00. The molecule has 2 N–H and O–H groups in total. The molecule has 23 heavy (non-hydrogen) atoms. The highest BCUT2D eigenvalue weighted by Crippen LogP contribution is 2.27. The molecule has 0 spiro atoms. The molecule has 0 aromatic heterocycles. The van der Waals surface area contributed by atoms with E-state index in [0.29, 0.717) is 6.07 Å². The lowest BCUT2D eigenvalue weighted by atomic mass is 10.2. The number of anilines is 1. The fraction of sp³-hybridized carbons (Fsp3) is 0.133. The average Bonchev–Trinajstić information content (AvgIpc) is 2.51. The third kappa shape index (κ3) is 3.65. The van der Waals surface area contributed by atoms with Crippen molar-refractivity contribution in [2.75, 3.05) is 11.1 Å². The van der Waals surface area contributed by atoms with Crippen molar-refractivity contribution in [2.24, 2.45) is 0 Å². The number of halogens is 2. The third-order valence-electron chi connectivity index (χ3n) is 3.14. The quantitative estimate of drug-likeness (QED) is 0.838. The molecule has 0 aliphatic carbocycles. The maximum Gasteiger partial charge on any atom is 0.255 e. The van der Waals surface area contributed by atoms with Crippen molar-refractivity contribution in [1.29, 1.82) is 0 Å². The summed E-state index contributed by atoms with van der Waals surface area (Å²) in [5.74, 6) is -3.60. The first-order valence-electron chi connectivity index (χ1n) is 6.57. The fourth-order valence-corrected chi connectivity index (χ4v) is 2.71. The van der Waals surface area contributed by atoms with Gasteiger partial charge in [0, 0.05) is 5.56 Å². The Kier molecular flexibility index (Phi) is 4.65. The number of hydrogen-bond acceptors (Lipinski definition) is 4. The second-order valence-corrected chi connectivity index (χ2v) is 6.94. The number of aromatic hydroxyl groups is 1. The Morgan fingerprint density at radius 2 is 1.83 bits per heavy atom. The van der Waals surface area contributed by atoms with E-state index in [9.17, 15) is 27.1 Å². The van der Waals surface area contributed by atoms with Crippen molar-refractivity contribution in [3.05, 3.63) is 53.6 Å². The van der Waals surface area contributed by atoms with E-state index in [2.05, 4.69) is 5.32 Å². The molecule has 0 heterocycles. The summed E-state index contributed by atoms with van der Waals surface area (Å²) in [5.41, 5.74) is -0.318. The number of phenols is 1. The summed E-state index contributed by atoms with van der Waals surface area (Å²) in [6.07, 6.45) is 0. The van der Waals surface area contributed by atoms with E-state index >= 15 is 0 Å². The largest absolute Gasteiger partial charge is 0.506 e. The van der Waals surface area contributed by atoms with Crippen LogP contribution in [0.1, 0.15) is 17.3 Å². The number of rotatable bonds is 4. The first-order chi connectivity index (χ1) is 10.7. The van der Waals surface area contributed by atoms with Gasteiger partial charge in [-0.3, -0.25) is 4.79 Å². The van der Waals surface area contributed by atoms with Gasteiger partial charge in [0.05, 0.1) is 16.3 Å². The van der Waals surface area contributed by atoms with Crippen LogP contribution in [0.25, 0.3) is 0 Å². The van der Waals surface area contributed by atoms with Crippen molar-refractivity contribution in [2.45, 2.75) is 11.8 Å². The van der Waals surface area contributed by atoms with Gasteiger partial charge in [0.25, 0.3) is 5.91 Å². The van der Waals surface area contributed by atoms with Crippen LogP contribution >= 0.6 is 0 Å². The Morgan fingerprint density at radius 1 is 1.13 bits per heavy atom. The van der Waals surface area contributed by atoms with E-state index in [1.807, 2.05) is 0 Å². The first-order valence-corrected chi connectivity index (χ1v) is 8.22. The maximum absolute atomic E-state index is 13.1. The van der Waals surface area contributed by atoms with Gasteiger partial charge in [-0.15, -0.1) is 0 Å². The molecule has 2 aromatic carbocycles. The number of hydrogen-bond donors (Lipinski definition) is 2. The molecule has 2 aromatic rings. The standard InChI is InChI=1S/C15H13F2NO4S/c1-2-23(21,22)10-4-6-14(19)13(8-10)18-15(20)9-3-5-11(16)12(17)7-9/h3-8,19H,2H2,1H3,(H,18,20). The second kappa shape index (κ2) is 6.33. The lowest BCUT2D eigenvalue weighted by molar-refractivity contribution is 0.102. The van der Waals surface area contributed by atoms with E-state index in [4.69, 9.17) is 0 Å². The van der Waals surface area contributed by atoms with E-state index in [1.54, 1.807) is 0 Å². The van der Waals surface area contributed by atoms with Crippen LogP contribution in [0.2, 0.25) is 0 Å². The highest BCUT2D eigenvalue weighted by Gasteiger charge is 2.16. The Hall–Kier alpha value is -2.48. The van der Waals surface area contributed by atoms with Crippen LogP contribution in [0.15, 0.2) is 41.3 Å². The lowest BCUT2D eigenvalue weighted by Gasteiger charge is -2.10. The van der Waals surface area contributed by atoms with E-state index < -0.39 is 27.4 Å². The number of carbonyl (C=O) groups excluding carboxylic acids is 1. The van der Waals surface area contributed by atoms with Gasteiger partial charge < -0.3 is 10.4 Å². The molecule has 8 heteroatoms. The van der Waals surface area contributed by atoms with Crippen molar-refractivity contribution >= 4 is 21.4 Å². The van der Waals surface area contributed by atoms with E-state index in [-0.39, 0.29) is 27.6 Å². The molecule has 1 amide bonds. The number of carbonyl (C=O) groups is 1. The first kappa shape index (κ1) is 16.9. The summed E-state index contributed by atoms with van der Waals surface area (Å²) < 4.78 is 49.6. The number of amides is 1. The molecule has 2 rings (SSSR count). The van der Waals surface area contributed by atoms with Crippen LogP contribution in [-0.4, -0.2) is 25.2 Å². The monoisotopic (exact) mass is 341 g/mol.